The van der Waals surface area contributed by atoms with Gasteiger partial charge in [-0.2, -0.15) is 0 Å². The molecule has 0 fully saturated rings. The molecule has 0 spiro atoms. The van der Waals surface area contributed by atoms with Gasteiger partial charge in [-0.15, -0.1) is 0 Å². The molecule has 0 radical (unpaired) electrons. The van der Waals surface area contributed by atoms with Crippen LogP contribution in [0.15, 0.2) is 0 Å². The summed E-state index contributed by atoms with van der Waals surface area (Å²) < 4.78 is 16.7. The molecule has 0 bridgehead atoms. The average Bonchev–Trinajstić information content (AvgIpc) is 3.17. The highest BCUT2D eigenvalue weighted by molar-refractivity contribution is 5.71. The second-order valence-corrected chi connectivity index (χ2v) is 16.6. The van der Waals surface area contributed by atoms with Crippen molar-refractivity contribution in [1.29, 1.82) is 0 Å². The standard InChI is InChI=1S/C48H92O6/c1-5-8-10-12-14-16-18-19-20-21-22-23-25-27-32-36-40-47(50)53-43-45(54-48(51)41-37-33-29-28-30-34-38-44(4)7-3)42-52-46(49)39-35-31-26-24-17-15-13-11-9-6-2/h44-45H,5-43H2,1-4H3/t44?,45-/m1/s1. The third-order valence-electron chi connectivity index (χ3n) is 11.2. The summed E-state index contributed by atoms with van der Waals surface area (Å²) in [5.41, 5.74) is 0. The molecular weight excluding hydrogens is 673 g/mol. The van der Waals surface area contributed by atoms with Crippen LogP contribution >= 0.6 is 0 Å². The van der Waals surface area contributed by atoms with Gasteiger partial charge in [-0.3, -0.25) is 14.4 Å². The molecule has 0 amide bonds. The van der Waals surface area contributed by atoms with Gasteiger partial charge in [0.05, 0.1) is 0 Å². The number of carbonyl (C=O) groups is 3. The fraction of sp³-hybridized carbons (Fsp3) is 0.938. The highest BCUT2D eigenvalue weighted by Gasteiger charge is 2.19. The van der Waals surface area contributed by atoms with Gasteiger partial charge in [-0.1, -0.05) is 227 Å². The van der Waals surface area contributed by atoms with Crippen LogP contribution in [-0.4, -0.2) is 37.2 Å². The molecule has 0 saturated carbocycles. The predicted octanol–water partition coefficient (Wildman–Crippen LogP) is 15.1. The smallest absolute Gasteiger partial charge is 0.306 e. The Hall–Kier alpha value is -1.59. The molecule has 0 aliphatic heterocycles. The molecule has 0 aromatic carbocycles. The first-order valence-corrected chi connectivity index (χ1v) is 23.9. The van der Waals surface area contributed by atoms with E-state index in [1.807, 2.05) is 0 Å². The fourth-order valence-electron chi connectivity index (χ4n) is 7.12. The second kappa shape index (κ2) is 42.6. The Morgan fingerprint density at radius 2 is 0.648 bits per heavy atom. The van der Waals surface area contributed by atoms with Crippen LogP contribution in [0.3, 0.4) is 0 Å². The number of unbranched alkanes of at least 4 members (excludes halogenated alkanes) is 29. The van der Waals surface area contributed by atoms with Gasteiger partial charge >= 0.3 is 17.9 Å². The number of esters is 3. The minimum absolute atomic E-state index is 0.0643. The third kappa shape index (κ3) is 40.1. The molecule has 1 unspecified atom stereocenters. The lowest BCUT2D eigenvalue weighted by molar-refractivity contribution is -0.167. The number of ether oxygens (including phenoxy) is 3. The van der Waals surface area contributed by atoms with E-state index in [4.69, 9.17) is 14.2 Å². The first-order valence-electron chi connectivity index (χ1n) is 23.9. The number of hydrogen-bond acceptors (Lipinski definition) is 6. The second-order valence-electron chi connectivity index (χ2n) is 16.6. The normalized spacial score (nSPS) is 12.4. The number of rotatable bonds is 43. The van der Waals surface area contributed by atoms with E-state index < -0.39 is 6.10 Å². The largest absolute Gasteiger partial charge is 0.462 e. The van der Waals surface area contributed by atoms with E-state index >= 15 is 0 Å². The minimum Gasteiger partial charge on any atom is -0.462 e. The molecule has 0 heterocycles. The molecule has 0 saturated heterocycles. The maximum absolute atomic E-state index is 12.7. The first kappa shape index (κ1) is 52.4. The molecule has 0 aliphatic carbocycles. The van der Waals surface area contributed by atoms with Crippen molar-refractivity contribution in [2.24, 2.45) is 5.92 Å². The van der Waals surface area contributed by atoms with Crippen LogP contribution in [-0.2, 0) is 28.6 Å². The van der Waals surface area contributed by atoms with E-state index in [9.17, 15) is 14.4 Å². The van der Waals surface area contributed by atoms with Crippen molar-refractivity contribution in [3.63, 3.8) is 0 Å². The lowest BCUT2D eigenvalue weighted by Crippen LogP contribution is -2.30. The number of carbonyl (C=O) groups excluding carboxylic acids is 3. The van der Waals surface area contributed by atoms with Gasteiger partial charge in [-0.25, -0.2) is 0 Å². The molecular formula is C48H92O6. The topological polar surface area (TPSA) is 78.9 Å². The summed E-state index contributed by atoms with van der Waals surface area (Å²) >= 11 is 0. The van der Waals surface area contributed by atoms with Crippen molar-refractivity contribution >= 4 is 17.9 Å². The Morgan fingerprint density at radius 1 is 0.370 bits per heavy atom. The van der Waals surface area contributed by atoms with Crippen LogP contribution in [0.2, 0.25) is 0 Å². The van der Waals surface area contributed by atoms with Crippen LogP contribution in [0.25, 0.3) is 0 Å². The Kier molecular flexibility index (Phi) is 41.3. The quantitative estimate of drug-likeness (QED) is 0.0349. The van der Waals surface area contributed by atoms with Gasteiger partial charge in [0, 0.05) is 19.3 Å². The average molecular weight is 765 g/mol. The SMILES string of the molecule is CCCCCCCCCCCCCCCCCCC(=O)OC[C@@H](COC(=O)CCCCCCCCCCCC)OC(=O)CCCCCCCCC(C)CC. The predicted molar refractivity (Wildman–Crippen MR) is 229 cm³/mol. The Labute approximate surface area is 336 Å². The molecule has 0 aromatic heterocycles. The lowest BCUT2D eigenvalue weighted by atomic mass is 10.00. The van der Waals surface area contributed by atoms with Gasteiger partial charge in [0.15, 0.2) is 6.10 Å². The van der Waals surface area contributed by atoms with Gasteiger partial charge in [0.25, 0.3) is 0 Å². The molecule has 320 valence electrons. The van der Waals surface area contributed by atoms with Crippen molar-refractivity contribution < 1.29 is 28.6 Å². The summed E-state index contributed by atoms with van der Waals surface area (Å²) in [7, 11) is 0. The summed E-state index contributed by atoms with van der Waals surface area (Å²) in [5, 5.41) is 0. The van der Waals surface area contributed by atoms with Crippen LogP contribution in [0, 0.1) is 5.92 Å². The molecule has 6 nitrogen and oxygen atoms in total. The fourth-order valence-corrected chi connectivity index (χ4v) is 7.12. The Bertz CT molecular complexity index is 813. The summed E-state index contributed by atoms with van der Waals surface area (Å²) in [5.74, 6) is -0.0454. The first-order chi connectivity index (χ1) is 26.4. The van der Waals surface area contributed by atoms with Crippen molar-refractivity contribution in [3.05, 3.63) is 0 Å². The molecule has 0 N–H and O–H groups in total. The molecule has 0 rings (SSSR count). The zero-order valence-corrected chi connectivity index (χ0v) is 36.7. The number of hydrogen-bond donors (Lipinski definition) is 0. The van der Waals surface area contributed by atoms with Crippen LogP contribution in [0.1, 0.15) is 265 Å². The Balaban J connectivity index is 4.27. The van der Waals surface area contributed by atoms with E-state index in [1.165, 1.54) is 161 Å². The maximum Gasteiger partial charge on any atom is 0.306 e. The van der Waals surface area contributed by atoms with Crippen molar-refractivity contribution in [1.82, 2.24) is 0 Å². The van der Waals surface area contributed by atoms with Crippen molar-refractivity contribution in [2.45, 2.75) is 271 Å². The van der Waals surface area contributed by atoms with Crippen molar-refractivity contribution in [3.8, 4) is 0 Å². The monoisotopic (exact) mass is 765 g/mol. The van der Waals surface area contributed by atoms with E-state index in [1.54, 1.807) is 0 Å². The molecule has 0 aliphatic rings. The molecule has 2 atom stereocenters. The summed E-state index contributed by atoms with van der Waals surface area (Å²) in [4.78, 5) is 37.7. The molecule has 54 heavy (non-hydrogen) atoms. The van der Waals surface area contributed by atoms with E-state index in [0.717, 1.165) is 63.7 Å². The van der Waals surface area contributed by atoms with Crippen LogP contribution in [0.4, 0.5) is 0 Å². The van der Waals surface area contributed by atoms with E-state index in [-0.39, 0.29) is 31.1 Å². The van der Waals surface area contributed by atoms with Crippen LogP contribution < -0.4 is 0 Å². The van der Waals surface area contributed by atoms with E-state index in [2.05, 4.69) is 27.7 Å². The lowest BCUT2D eigenvalue weighted by Gasteiger charge is -2.18. The summed E-state index contributed by atoms with van der Waals surface area (Å²) in [6, 6.07) is 0. The molecule has 0 aromatic rings. The van der Waals surface area contributed by atoms with Gasteiger partial charge in [0.2, 0.25) is 0 Å². The van der Waals surface area contributed by atoms with Crippen LogP contribution in [0.5, 0.6) is 0 Å². The van der Waals surface area contributed by atoms with Gasteiger partial charge in [0.1, 0.15) is 13.2 Å². The maximum atomic E-state index is 12.7. The molecule has 6 heteroatoms. The zero-order valence-electron chi connectivity index (χ0n) is 36.7. The highest BCUT2D eigenvalue weighted by Crippen LogP contribution is 2.17. The Morgan fingerprint density at radius 3 is 0.963 bits per heavy atom. The summed E-state index contributed by atoms with van der Waals surface area (Å²) in [6.07, 6.45) is 42.3. The highest BCUT2D eigenvalue weighted by atomic mass is 16.6. The van der Waals surface area contributed by atoms with Gasteiger partial charge in [-0.05, 0) is 25.2 Å². The van der Waals surface area contributed by atoms with Crippen molar-refractivity contribution in [2.75, 3.05) is 13.2 Å². The van der Waals surface area contributed by atoms with Gasteiger partial charge < -0.3 is 14.2 Å². The summed E-state index contributed by atoms with van der Waals surface area (Å²) in [6.45, 7) is 8.97. The third-order valence-corrected chi connectivity index (χ3v) is 11.2. The van der Waals surface area contributed by atoms with E-state index in [0.29, 0.717) is 19.3 Å². The minimum atomic E-state index is -0.760. The zero-order chi connectivity index (χ0) is 39.6.